The number of amides is 1. The number of likely N-dealkylation sites (N-methyl/N-ethyl adjacent to an activating group) is 1. The Labute approximate surface area is 168 Å². The number of nitrogens with two attached hydrogens (primary N) is 1. The van der Waals surface area contributed by atoms with Gasteiger partial charge in [-0.2, -0.15) is 0 Å². The first-order valence-corrected chi connectivity index (χ1v) is 9.18. The summed E-state index contributed by atoms with van der Waals surface area (Å²) in [6.45, 7) is 7.23. The Kier molecular flexibility index (Phi) is 8.70. The second-order valence-electron chi connectivity index (χ2n) is 7.68. The fourth-order valence-corrected chi connectivity index (χ4v) is 3.48. The Bertz CT molecular complexity index is 599. The molecule has 0 aliphatic heterocycles. The number of ether oxygens (including phenoxy) is 2. The van der Waals surface area contributed by atoms with E-state index in [-0.39, 0.29) is 37.6 Å². The molecule has 1 fully saturated rings. The Hall–Kier alpha value is -1.18. The maximum Gasteiger partial charge on any atom is 0.243 e. The van der Waals surface area contributed by atoms with Gasteiger partial charge in [0.2, 0.25) is 5.91 Å². The van der Waals surface area contributed by atoms with Gasteiger partial charge in [-0.3, -0.25) is 4.79 Å². The highest BCUT2D eigenvalue weighted by Gasteiger charge is 2.63. The predicted octanol–water partition coefficient (Wildman–Crippen LogP) is 1.98. The van der Waals surface area contributed by atoms with Gasteiger partial charge in [-0.1, -0.05) is 44.2 Å². The summed E-state index contributed by atoms with van der Waals surface area (Å²) in [5.41, 5.74) is 6.05. The van der Waals surface area contributed by atoms with Crippen LogP contribution >= 0.6 is 12.4 Å². The van der Waals surface area contributed by atoms with E-state index in [2.05, 4.69) is 0 Å². The first-order chi connectivity index (χ1) is 12.2. The zero-order valence-electron chi connectivity index (χ0n) is 16.7. The molecule has 154 valence electrons. The van der Waals surface area contributed by atoms with Gasteiger partial charge in [-0.25, -0.2) is 0 Å². The van der Waals surface area contributed by atoms with Crippen molar-refractivity contribution >= 4 is 18.3 Å². The van der Waals surface area contributed by atoms with Crippen LogP contribution in [0.3, 0.4) is 0 Å². The average molecular weight is 401 g/mol. The van der Waals surface area contributed by atoms with Gasteiger partial charge < -0.3 is 25.2 Å². The summed E-state index contributed by atoms with van der Waals surface area (Å²) in [5.74, 6) is -0.166. The van der Waals surface area contributed by atoms with Crippen LogP contribution in [0.15, 0.2) is 30.3 Å². The van der Waals surface area contributed by atoms with Crippen LogP contribution in [0, 0.1) is 5.41 Å². The van der Waals surface area contributed by atoms with Crippen LogP contribution in [0.4, 0.5) is 0 Å². The second-order valence-corrected chi connectivity index (χ2v) is 7.68. The standard InChI is InChI=1S/C20H32N2O4.ClH/c1-5-26-17-11-20(21,19(17,2)3)18(24)22(4)12-16(23)14-25-13-15-9-7-6-8-10-15;/h6-10,16-17,23H,5,11-14,21H2,1-4H3;1H. The topological polar surface area (TPSA) is 85.0 Å². The summed E-state index contributed by atoms with van der Waals surface area (Å²) in [7, 11) is 1.67. The number of hydrogen-bond acceptors (Lipinski definition) is 5. The summed E-state index contributed by atoms with van der Waals surface area (Å²) >= 11 is 0. The molecular formula is C20H33ClN2O4. The summed E-state index contributed by atoms with van der Waals surface area (Å²) < 4.78 is 11.2. The van der Waals surface area contributed by atoms with Crippen molar-refractivity contribution < 1.29 is 19.4 Å². The molecule has 3 N–H and O–H groups in total. The van der Waals surface area contributed by atoms with Crippen molar-refractivity contribution in [2.45, 2.75) is 51.5 Å². The van der Waals surface area contributed by atoms with Crippen molar-refractivity contribution in [2.24, 2.45) is 11.1 Å². The van der Waals surface area contributed by atoms with Crippen LogP contribution in [-0.4, -0.2) is 60.5 Å². The van der Waals surface area contributed by atoms with E-state index in [1.165, 1.54) is 4.90 Å². The number of halogens is 1. The van der Waals surface area contributed by atoms with Crippen LogP contribution in [0.1, 0.15) is 32.8 Å². The van der Waals surface area contributed by atoms with Gasteiger partial charge in [0.05, 0.1) is 25.4 Å². The molecular weight excluding hydrogens is 368 g/mol. The molecule has 27 heavy (non-hydrogen) atoms. The molecule has 0 bridgehead atoms. The summed E-state index contributed by atoms with van der Waals surface area (Å²) in [6, 6.07) is 9.76. The molecule has 1 aliphatic rings. The minimum absolute atomic E-state index is 0. The van der Waals surface area contributed by atoms with Crippen molar-refractivity contribution in [1.82, 2.24) is 4.90 Å². The molecule has 3 atom stereocenters. The van der Waals surface area contributed by atoms with Crippen LogP contribution < -0.4 is 5.73 Å². The van der Waals surface area contributed by atoms with Crippen molar-refractivity contribution in [3.05, 3.63) is 35.9 Å². The molecule has 1 saturated carbocycles. The maximum absolute atomic E-state index is 12.8. The SMILES string of the molecule is CCOC1CC(N)(C(=O)N(C)CC(O)COCc2ccccc2)C1(C)C.Cl. The van der Waals surface area contributed by atoms with Gasteiger partial charge in [-0.15, -0.1) is 12.4 Å². The largest absolute Gasteiger partial charge is 0.389 e. The van der Waals surface area contributed by atoms with E-state index in [1.807, 2.05) is 51.1 Å². The van der Waals surface area contributed by atoms with Crippen LogP contribution in [0.5, 0.6) is 0 Å². The summed E-state index contributed by atoms with van der Waals surface area (Å²) in [4.78, 5) is 14.3. The number of carbonyl (C=O) groups excluding carboxylic acids is 1. The lowest BCUT2D eigenvalue weighted by Gasteiger charge is -2.58. The van der Waals surface area contributed by atoms with Gasteiger partial charge in [0.15, 0.2) is 0 Å². The quantitative estimate of drug-likeness (QED) is 0.662. The molecule has 1 amide bonds. The number of hydrogen-bond donors (Lipinski definition) is 2. The first-order valence-electron chi connectivity index (χ1n) is 9.18. The van der Waals surface area contributed by atoms with Crippen LogP contribution in [-0.2, 0) is 20.9 Å². The number of carbonyl (C=O) groups is 1. The molecule has 7 heteroatoms. The highest BCUT2D eigenvalue weighted by molar-refractivity contribution is 5.88. The number of aliphatic hydroxyl groups is 1. The lowest BCUT2D eigenvalue weighted by Crippen LogP contribution is -2.76. The predicted molar refractivity (Wildman–Crippen MR) is 108 cm³/mol. The summed E-state index contributed by atoms with van der Waals surface area (Å²) in [6.07, 6.45) is -0.284. The van der Waals surface area contributed by atoms with E-state index >= 15 is 0 Å². The lowest BCUT2D eigenvalue weighted by atomic mass is 9.54. The van der Waals surface area contributed by atoms with Crippen molar-refractivity contribution in [2.75, 3.05) is 26.8 Å². The molecule has 3 unspecified atom stereocenters. The van der Waals surface area contributed by atoms with Gasteiger partial charge in [0.1, 0.15) is 5.54 Å². The fourth-order valence-electron chi connectivity index (χ4n) is 3.48. The van der Waals surface area contributed by atoms with Gasteiger partial charge >= 0.3 is 0 Å². The minimum atomic E-state index is -0.966. The van der Waals surface area contributed by atoms with Gasteiger partial charge in [-0.05, 0) is 12.5 Å². The smallest absolute Gasteiger partial charge is 0.243 e. The number of aliphatic hydroxyl groups excluding tert-OH is 1. The molecule has 1 aromatic carbocycles. The van der Waals surface area contributed by atoms with E-state index in [0.717, 1.165) is 5.56 Å². The molecule has 1 aliphatic carbocycles. The summed E-state index contributed by atoms with van der Waals surface area (Å²) in [5, 5.41) is 10.2. The third kappa shape index (κ3) is 5.21. The van der Waals surface area contributed by atoms with E-state index in [4.69, 9.17) is 15.2 Å². The normalized spacial score (nSPS) is 24.4. The average Bonchev–Trinajstić information content (AvgIpc) is 2.61. The molecule has 0 heterocycles. The van der Waals surface area contributed by atoms with E-state index < -0.39 is 17.1 Å². The third-order valence-corrected chi connectivity index (χ3v) is 5.46. The van der Waals surface area contributed by atoms with Gasteiger partial charge in [0, 0.05) is 32.0 Å². The molecule has 0 spiro atoms. The fraction of sp³-hybridized carbons (Fsp3) is 0.650. The molecule has 0 radical (unpaired) electrons. The Morgan fingerprint density at radius 3 is 2.56 bits per heavy atom. The number of nitrogens with zero attached hydrogens (tertiary/aromatic N) is 1. The Morgan fingerprint density at radius 1 is 1.37 bits per heavy atom. The van der Waals surface area contributed by atoms with E-state index in [0.29, 0.717) is 19.6 Å². The molecule has 0 saturated heterocycles. The van der Waals surface area contributed by atoms with Crippen LogP contribution in [0.2, 0.25) is 0 Å². The first kappa shape index (κ1) is 23.9. The highest BCUT2D eigenvalue weighted by Crippen LogP contribution is 2.50. The zero-order chi connectivity index (χ0) is 19.4. The van der Waals surface area contributed by atoms with Gasteiger partial charge in [0.25, 0.3) is 0 Å². The maximum atomic E-state index is 12.8. The highest BCUT2D eigenvalue weighted by atomic mass is 35.5. The molecule has 2 rings (SSSR count). The van der Waals surface area contributed by atoms with Crippen LogP contribution in [0.25, 0.3) is 0 Å². The monoisotopic (exact) mass is 400 g/mol. The lowest BCUT2D eigenvalue weighted by molar-refractivity contribution is -0.179. The van der Waals surface area contributed by atoms with Crippen molar-refractivity contribution in [3.63, 3.8) is 0 Å². The second kappa shape index (κ2) is 9.85. The van der Waals surface area contributed by atoms with E-state index in [1.54, 1.807) is 7.05 Å². The third-order valence-electron chi connectivity index (χ3n) is 5.46. The zero-order valence-corrected chi connectivity index (χ0v) is 17.5. The van der Waals surface area contributed by atoms with Crippen molar-refractivity contribution in [1.29, 1.82) is 0 Å². The number of benzene rings is 1. The minimum Gasteiger partial charge on any atom is -0.389 e. The van der Waals surface area contributed by atoms with E-state index in [9.17, 15) is 9.90 Å². The molecule has 0 aromatic heterocycles. The van der Waals surface area contributed by atoms with Crippen molar-refractivity contribution in [3.8, 4) is 0 Å². The Morgan fingerprint density at radius 2 is 2.00 bits per heavy atom. The molecule has 6 nitrogen and oxygen atoms in total. The Balaban J connectivity index is 0.00000364. The number of rotatable bonds is 9. The molecule has 1 aromatic rings.